The average molecular weight is 463 g/mol. The number of hydrogen-bond donors (Lipinski definition) is 3. The maximum atomic E-state index is 13.0. The van der Waals surface area contributed by atoms with Gasteiger partial charge in [-0.2, -0.15) is 4.99 Å². The number of amidine groups is 1. The van der Waals surface area contributed by atoms with E-state index < -0.39 is 11.9 Å². The Morgan fingerprint density at radius 2 is 2.19 bits per heavy atom. The van der Waals surface area contributed by atoms with Crippen molar-refractivity contribution in [1.29, 1.82) is 0 Å². The highest BCUT2D eigenvalue weighted by molar-refractivity contribution is 6.32. The monoisotopic (exact) mass is 462 g/mol. The molecule has 1 heterocycles. The van der Waals surface area contributed by atoms with Crippen LogP contribution in [-0.4, -0.2) is 53.4 Å². The summed E-state index contributed by atoms with van der Waals surface area (Å²) in [6.07, 6.45) is 6.34. The van der Waals surface area contributed by atoms with Gasteiger partial charge >= 0.3 is 0 Å². The minimum atomic E-state index is -0.754. The van der Waals surface area contributed by atoms with Crippen LogP contribution < -0.4 is 15.8 Å². The summed E-state index contributed by atoms with van der Waals surface area (Å²) in [6, 6.07) is 6.23. The Hall–Kier alpha value is -2.84. The lowest BCUT2D eigenvalue weighted by molar-refractivity contribution is -0.134. The third kappa shape index (κ3) is 7.69. The smallest absolute Gasteiger partial charge is 0.270 e. The quantitative estimate of drug-likeness (QED) is 0.250. The molecule has 0 fully saturated rings. The van der Waals surface area contributed by atoms with E-state index in [1.165, 1.54) is 17.1 Å². The molecular weight excluding hydrogens is 432 g/mol. The lowest BCUT2D eigenvalue weighted by atomic mass is 9.98. The van der Waals surface area contributed by atoms with Gasteiger partial charge in [-0.15, -0.1) is 0 Å². The van der Waals surface area contributed by atoms with Crippen molar-refractivity contribution in [2.45, 2.75) is 39.2 Å². The molecular formula is C23H31ClN4O4. The second-order valence-corrected chi connectivity index (χ2v) is 8.02. The highest BCUT2D eigenvalue weighted by Crippen LogP contribution is 2.28. The van der Waals surface area contributed by atoms with E-state index in [-0.39, 0.29) is 30.8 Å². The molecule has 9 heteroatoms. The molecule has 4 N–H and O–H groups in total. The molecule has 1 aromatic rings. The number of benzene rings is 1. The number of rotatable bonds is 12. The zero-order valence-corrected chi connectivity index (χ0v) is 19.2. The van der Waals surface area contributed by atoms with Crippen LogP contribution in [0.15, 0.2) is 53.4 Å². The molecule has 0 aliphatic carbocycles. The highest BCUT2D eigenvalue weighted by Gasteiger charge is 2.35. The first-order valence-corrected chi connectivity index (χ1v) is 11.1. The Morgan fingerprint density at radius 3 is 2.88 bits per heavy atom. The van der Waals surface area contributed by atoms with Crippen LogP contribution in [0, 0.1) is 5.92 Å². The van der Waals surface area contributed by atoms with E-state index in [4.69, 9.17) is 27.2 Å². The van der Waals surface area contributed by atoms with Crippen molar-refractivity contribution in [3.05, 3.63) is 53.4 Å². The maximum absolute atomic E-state index is 13.0. The maximum Gasteiger partial charge on any atom is 0.270 e. The molecule has 2 rings (SSSR count). The molecule has 0 saturated heterocycles. The lowest BCUT2D eigenvalue weighted by Gasteiger charge is -2.27. The van der Waals surface area contributed by atoms with E-state index >= 15 is 0 Å². The van der Waals surface area contributed by atoms with Gasteiger partial charge in [-0.3, -0.25) is 9.59 Å². The number of amides is 2. The summed E-state index contributed by atoms with van der Waals surface area (Å²) in [4.78, 5) is 31.1. The van der Waals surface area contributed by atoms with Crippen LogP contribution in [0.2, 0.25) is 5.02 Å². The second-order valence-electron chi connectivity index (χ2n) is 7.61. The normalized spacial score (nSPS) is 16.2. The Bertz CT molecular complexity index is 885. The number of hydrogen-bond acceptors (Lipinski definition) is 5. The summed E-state index contributed by atoms with van der Waals surface area (Å²) in [5, 5.41) is 12.2. The van der Waals surface area contributed by atoms with Crippen molar-refractivity contribution in [3.8, 4) is 5.75 Å². The number of halogens is 1. The van der Waals surface area contributed by atoms with E-state index in [0.29, 0.717) is 35.9 Å². The molecule has 8 nitrogen and oxygen atoms in total. The Labute approximate surface area is 193 Å². The first kappa shape index (κ1) is 25.4. The topological polar surface area (TPSA) is 117 Å². The summed E-state index contributed by atoms with van der Waals surface area (Å²) in [6.45, 7) is 4.85. The summed E-state index contributed by atoms with van der Waals surface area (Å²) >= 11 is 6.14. The van der Waals surface area contributed by atoms with Gasteiger partial charge in [0.1, 0.15) is 23.4 Å². The average Bonchev–Trinajstić information content (AvgIpc) is 3.12. The molecule has 2 unspecified atom stereocenters. The van der Waals surface area contributed by atoms with Gasteiger partial charge < -0.3 is 25.8 Å². The third-order valence-corrected chi connectivity index (χ3v) is 5.36. The van der Waals surface area contributed by atoms with Crippen molar-refractivity contribution in [2.24, 2.45) is 16.6 Å². The Kier molecular flexibility index (Phi) is 10.2. The number of para-hydroxylation sites is 1. The number of aliphatic hydroxyl groups excluding tert-OH is 1. The minimum absolute atomic E-state index is 0.0350. The summed E-state index contributed by atoms with van der Waals surface area (Å²) in [7, 11) is 0. The van der Waals surface area contributed by atoms with Gasteiger partial charge in [0.2, 0.25) is 0 Å². The standard InChI is InChI=1S/C23H31ClN4O4/c1-3-16(2)13-19(23(31)27-21(25)9-11-26-10-6-12-29)28-15-17(14-22(28)30)32-20-8-5-4-7-18(20)24/h4-5,7-9,11,14,16,19,26,29H,3,6,10,12-13,15H2,1-2H3,(H2,25,27,31)/b11-9-. The molecule has 0 bridgehead atoms. The molecule has 0 spiro atoms. The SMILES string of the molecule is CCC(C)CC(C(=O)N=C(N)/C=C\NCCCO)N1CC(Oc2ccccc2Cl)=CC1=O. The molecule has 174 valence electrons. The fourth-order valence-corrected chi connectivity index (χ4v) is 3.24. The number of ether oxygens (including phenoxy) is 1. The first-order chi connectivity index (χ1) is 15.3. The van der Waals surface area contributed by atoms with E-state index in [1.807, 2.05) is 13.8 Å². The second kappa shape index (κ2) is 12.9. The van der Waals surface area contributed by atoms with Crippen LogP contribution in [0.5, 0.6) is 5.75 Å². The molecule has 0 aromatic heterocycles. The van der Waals surface area contributed by atoms with Gasteiger partial charge in [0.15, 0.2) is 0 Å². The summed E-state index contributed by atoms with van der Waals surface area (Å²) in [5.41, 5.74) is 5.87. The van der Waals surface area contributed by atoms with E-state index in [1.54, 1.807) is 30.5 Å². The molecule has 1 aliphatic rings. The van der Waals surface area contributed by atoms with Crippen molar-refractivity contribution >= 4 is 29.3 Å². The van der Waals surface area contributed by atoms with Gasteiger partial charge in [0, 0.05) is 25.4 Å². The van der Waals surface area contributed by atoms with E-state index in [2.05, 4.69) is 10.3 Å². The minimum Gasteiger partial charge on any atom is -0.458 e. The van der Waals surface area contributed by atoms with Gasteiger partial charge in [-0.1, -0.05) is 44.0 Å². The van der Waals surface area contributed by atoms with Crippen LogP contribution >= 0.6 is 11.6 Å². The van der Waals surface area contributed by atoms with Crippen LogP contribution in [0.3, 0.4) is 0 Å². The number of aliphatic imine (C=N–C) groups is 1. The third-order valence-electron chi connectivity index (χ3n) is 5.05. The number of nitrogens with one attached hydrogen (secondary N) is 1. The van der Waals surface area contributed by atoms with Crippen molar-refractivity contribution < 1.29 is 19.4 Å². The fourth-order valence-electron chi connectivity index (χ4n) is 3.06. The van der Waals surface area contributed by atoms with Crippen molar-refractivity contribution in [2.75, 3.05) is 19.7 Å². The van der Waals surface area contributed by atoms with Gasteiger partial charge in [0.25, 0.3) is 11.8 Å². The molecule has 0 radical (unpaired) electrons. The molecule has 1 aliphatic heterocycles. The van der Waals surface area contributed by atoms with Crippen LogP contribution in [-0.2, 0) is 9.59 Å². The number of nitrogens with zero attached hydrogens (tertiary/aromatic N) is 2. The summed E-state index contributed by atoms with van der Waals surface area (Å²) < 4.78 is 5.79. The zero-order valence-electron chi connectivity index (χ0n) is 18.5. The molecule has 32 heavy (non-hydrogen) atoms. The number of carbonyl (C=O) groups is 2. The largest absolute Gasteiger partial charge is 0.458 e. The van der Waals surface area contributed by atoms with Crippen LogP contribution in [0.25, 0.3) is 0 Å². The van der Waals surface area contributed by atoms with E-state index in [9.17, 15) is 9.59 Å². The zero-order chi connectivity index (χ0) is 23.5. The summed E-state index contributed by atoms with van der Waals surface area (Å²) in [5.74, 6) is 0.299. The number of aliphatic hydroxyl groups is 1. The predicted octanol–water partition coefficient (Wildman–Crippen LogP) is 2.62. The first-order valence-electron chi connectivity index (χ1n) is 10.7. The highest BCUT2D eigenvalue weighted by atomic mass is 35.5. The Morgan fingerprint density at radius 1 is 1.44 bits per heavy atom. The van der Waals surface area contributed by atoms with Gasteiger partial charge in [-0.05, 0) is 37.0 Å². The molecule has 0 saturated carbocycles. The van der Waals surface area contributed by atoms with Gasteiger partial charge in [-0.25, -0.2) is 0 Å². The van der Waals surface area contributed by atoms with Crippen LogP contribution in [0.1, 0.15) is 33.1 Å². The molecule has 2 atom stereocenters. The van der Waals surface area contributed by atoms with Crippen molar-refractivity contribution in [1.82, 2.24) is 10.2 Å². The molecule has 1 aromatic carbocycles. The predicted molar refractivity (Wildman–Crippen MR) is 125 cm³/mol. The number of carbonyl (C=O) groups excluding carboxylic acids is 2. The van der Waals surface area contributed by atoms with Crippen molar-refractivity contribution in [3.63, 3.8) is 0 Å². The van der Waals surface area contributed by atoms with E-state index in [0.717, 1.165) is 6.42 Å². The Balaban J connectivity index is 2.11. The lowest BCUT2D eigenvalue weighted by Crippen LogP contribution is -2.43. The van der Waals surface area contributed by atoms with Gasteiger partial charge in [0.05, 0.1) is 11.6 Å². The number of nitrogens with two attached hydrogens (primary N) is 1. The fraction of sp³-hybridized carbons (Fsp3) is 0.435. The van der Waals surface area contributed by atoms with Crippen LogP contribution in [0.4, 0.5) is 0 Å². The molecule has 2 amide bonds.